The number of alkyl carbamates (subject to hydrolysis) is 1. The third kappa shape index (κ3) is 4.84. The van der Waals surface area contributed by atoms with E-state index in [1.807, 2.05) is 0 Å². The summed E-state index contributed by atoms with van der Waals surface area (Å²) in [5, 5.41) is 2.41. The molecule has 0 saturated carbocycles. The Kier molecular flexibility index (Phi) is 5.27. The van der Waals surface area contributed by atoms with Crippen LogP contribution in [0.4, 0.5) is 4.79 Å². The zero-order valence-corrected chi connectivity index (χ0v) is 7.64. The second-order valence-electron chi connectivity index (χ2n) is 2.19. The number of carbonyl (C=O) groups is 2. The quantitative estimate of drug-likeness (QED) is 0.526. The Morgan fingerprint density at radius 3 is 2.58 bits per heavy atom. The van der Waals surface area contributed by atoms with E-state index in [1.165, 1.54) is 7.11 Å². The standard InChI is InChI=1S/C6H12N2O3S/c1-11-6(10)8-4(3-12)2-5(7)9/h4,12H,2-3H2,1H3,(H2,7,9)(H,8,10). The van der Waals surface area contributed by atoms with Crippen LogP contribution in [0, 0.1) is 0 Å². The molecular formula is C6H12N2O3S. The third-order valence-electron chi connectivity index (χ3n) is 1.18. The van der Waals surface area contributed by atoms with Gasteiger partial charge in [-0.15, -0.1) is 0 Å². The minimum absolute atomic E-state index is 0.0681. The Morgan fingerprint density at radius 2 is 2.25 bits per heavy atom. The first kappa shape index (κ1) is 11.1. The monoisotopic (exact) mass is 192 g/mol. The van der Waals surface area contributed by atoms with Gasteiger partial charge in [-0.2, -0.15) is 12.6 Å². The van der Waals surface area contributed by atoms with Gasteiger partial charge in [0.05, 0.1) is 7.11 Å². The predicted octanol–water partition coefficient (Wildman–Crippen LogP) is -0.484. The second-order valence-corrected chi connectivity index (χ2v) is 2.55. The van der Waals surface area contributed by atoms with Crippen molar-refractivity contribution in [3.8, 4) is 0 Å². The molecule has 2 amide bonds. The number of amides is 2. The first-order chi connectivity index (χ1) is 5.60. The van der Waals surface area contributed by atoms with Gasteiger partial charge >= 0.3 is 6.09 Å². The number of hydrogen-bond acceptors (Lipinski definition) is 4. The highest BCUT2D eigenvalue weighted by Crippen LogP contribution is 1.94. The van der Waals surface area contributed by atoms with Crippen molar-refractivity contribution in [3.63, 3.8) is 0 Å². The van der Waals surface area contributed by atoms with Crippen molar-refractivity contribution in [2.45, 2.75) is 12.5 Å². The van der Waals surface area contributed by atoms with Crippen LogP contribution >= 0.6 is 12.6 Å². The molecule has 0 aromatic heterocycles. The Hall–Kier alpha value is -0.910. The fraction of sp³-hybridized carbons (Fsp3) is 0.667. The van der Waals surface area contributed by atoms with E-state index in [0.29, 0.717) is 5.75 Å². The van der Waals surface area contributed by atoms with Crippen molar-refractivity contribution in [3.05, 3.63) is 0 Å². The number of nitrogens with two attached hydrogens (primary N) is 1. The predicted molar refractivity (Wildman–Crippen MR) is 47.0 cm³/mol. The molecule has 0 aliphatic heterocycles. The lowest BCUT2D eigenvalue weighted by Gasteiger charge is -2.12. The fourth-order valence-electron chi connectivity index (χ4n) is 0.630. The van der Waals surface area contributed by atoms with Crippen LogP contribution in [-0.4, -0.2) is 30.9 Å². The maximum atomic E-state index is 10.6. The minimum Gasteiger partial charge on any atom is -0.453 e. The number of carbonyl (C=O) groups excluding carboxylic acids is 2. The summed E-state index contributed by atoms with van der Waals surface area (Å²) in [5.41, 5.74) is 4.92. The summed E-state index contributed by atoms with van der Waals surface area (Å²) in [4.78, 5) is 21.1. The van der Waals surface area contributed by atoms with Crippen LogP contribution in [0.3, 0.4) is 0 Å². The van der Waals surface area contributed by atoms with E-state index in [9.17, 15) is 9.59 Å². The molecule has 70 valence electrons. The lowest BCUT2D eigenvalue weighted by Crippen LogP contribution is -2.39. The van der Waals surface area contributed by atoms with Gasteiger partial charge in [0.1, 0.15) is 0 Å². The van der Waals surface area contributed by atoms with Gasteiger partial charge in [0.2, 0.25) is 5.91 Å². The van der Waals surface area contributed by atoms with Crippen molar-refractivity contribution < 1.29 is 14.3 Å². The summed E-state index contributed by atoms with van der Waals surface area (Å²) < 4.78 is 4.33. The molecule has 0 saturated heterocycles. The van der Waals surface area contributed by atoms with Gasteiger partial charge in [0.15, 0.2) is 0 Å². The van der Waals surface area contributed by atoms with E-state index in [4.69, 9.17) is 5.73 Å². The molecule has 0 bridgehead atoms. The van der Waals surface area contributed by atoms with Crippen LogP contribution < -0.4 is 11.1 Å². The van der Waals surface area contributed by atoms with Gasteiger partial charge in [-0.25, -0.2) is 4.79 Å². The molecule has 5 nitrogen and oxygen atoms in total. The molecule has 0 spiro atoms. The van der Waals surface area contributed by atoms with Gasteiger partial charge in [0.25, 0.3) is 0 Å². The molecule has 0 heterocycles. The van der Waals surface area contributed by atoms with Gasteiger partial charge < -0.3 is 15.8 Å². The number of nitrogens with one attached hydrogen (secondary N) is 1. The average molecular weight is 192 g/mol. The van der Waals surface area contributed by atoms with Crippen LogP contribution in [0.5, 0.6) is 0 Å². The Labute approximate surface area is 76.0 Å². The van der Waals surface area contributed by atoms with E-state index < -0.39 is 12.0 Å². The smallest absolute Gasteiger partial charge is 0.407 e. The maximum Gasteiger partial charge on any atom is 0.407 e. The van der Waals surface area contributed by atoms with E-state index in [-0.39, 0.29) is 12.5 Å². The molecule has 0 aliphatic rings. The average Bonchev–Trinajstić information content (AvgIpc) is 2.02. The first-order valence-electron chi connectivity index (χ1n) is 3.33. The number of methoxy groups -OCH3 is 1. The van der Waals surface area contributed by atoms with Gasteiger partial charge in [0, 0.05) is 18.2 Å². The number of primary amides is 1. The summed E-state index contributed by atoms with van der Waals surface area (Å²) >= 11 is 3.93. The summed E-state index contributed by atoms with van der Waals surface area (Å²) in [6, 6.07) is -0.363. The van der Waals surface area contributed by atoms with Crippen molar-refractivity contribution in [2.24, 2.45) is 5.73 Å². The molecule has 0 aromatic rings. The minimum atomic E-state index is -0.588. The molecule has 1 atom stereocenters. The van der Waals surface area contributed by atoms with Crippen LogP contribution in [0.1, 0.15) is 6.42 Å². The Balaban J connectivity index is 3.82. The van der Waals surface area contributed by atoms with Crippen LogP contribution in [0.25, 0.3) is 0 Å². The molecular weight excluding hydrogens is 180 g/mol. The molecule has 6 heteroatoms. The number of hydrogen-bond donors (Lipinski definition) is 3. The van der Waals surface area contributed by atoms with Crippen molar-refractivity contribution in [1.29, 1.82) is 0 Å². The maximum absolute atomic E-state index is 10.6. The van der Waals surface area contributed by atoms with Gasteiger partial charge in [-0.1, -0.05) is 0 Å². The third-order valence-corrected chi connectivity index (χ3v) is 1.62. The highest BCUT2D eigenvalue weighted by atomic mass is 32.1. The highest BCUT2D eigenvalue weighted by Gasteiger charge is 2.12. The first-order valence-corrected chi connectivity index (χ1v) is 3.97. The molecule has 12 heavy (non-hydrogen) atoms. The van der Waals surface area contributed by atoms with E-state index in [2.05, 4.69) is 22.7 Å². The zero-order chi connectivity index (χ0) is 9.56. The van der Waals surface area contributed by atoms with Crippen molar-refractivity contribution in [1.82, 2.24) is 5.32 Å². The molecule has 0 rings (SSSR count). The molecule has 0 radical (unpaired) electrons. The number of thiol groups is 1. The second kappa shape index (κ2) is 5.70. The van der Waals surface area contributed by atoms with Crippen LogP contribution in [0.15, 0.2) is 0 Å². The lowest BCUT2D eigenvalue weighted by molar-refractivity contribution is -0.118. The van der Waals surface area contributed by atoms with Gasteiger partial charge in [-0.3, -0.25) is 4.79 Å². The molecule has 0 aliphatic carbocycles. The lowest BCUT2D eigenvalue weighted by atomic mass is 10.2. The SMILES string of the molecule is COC(=O)NC(CS)CC(N)=O. The topological polar surface area (TPSA) is 81.4 Å². The van der Waals surface area contributed by atoms with Gasteiger partial charge in [-0.05, 0) is 0 Å². The largest absolute Gasteiger partial charge is 0.453 e. The van der Waals surface area contributed by atoms with Crippen LogP contribution in [-0.2, 0) is 9.53 Å². The van der Waals surface area contributed by atoms with Crippen molar-refractivity contribution in [2.75, 3.05) is 12.9 Å². The summed E-state index contributed by atoms with van der Waals surface area (Å²) in [7, 11) is 1.25. The van der Waals surface area contributed by atoms with E-state index in [0.717, 1.165) is 0 Å². The molecule has 1 unspecified atom stereocenters. The number of rotatable bonds is 4. The van der Waals surface area contributed by atoms with Crippen LogP contribution in [0.2, 0.25) is 0 Å². The zero-order valence-electron chi connectivity index (χ0n) is 6.74. The van der Waals surface area contributed by atoms with E-state index >= 15 is 0 Å². The fourth-order valence-corrected chi connectivity index (χ4v) is 0.850. The van der Waals surface area contributed by atoms with Crippen molar-refractivity contribution >= 4 is 24.6 Å². The Bertz CT molecular complexity index is 174. The summed E-state index contributed by atoms with van der Waals surface area (Å²) in [5.74, 6) is -0.136. The summed E-state index contributed by atoms with van der Waals surface area (Å²) in [6.07, 6.45) is -0.520. The Morgan fingerprint density at radius 1 is 1.67 bits per heavy atom. The molecule has 0 fully saturated rings. The number of ether oxygens (including phenoxy) is 1. The highest BCUT2D eigenvalue weighted by molar-refractivity contribution is 7.80. The normalized spacial score (nSPS) is 11.8. The molecule has 0 aromatic carbocycles. The summed E-state index contributed by atoms with van der Waals surface area (Å²) in [6.45, 7) is 0. The molecule has 3 N–H and O–H groups in total. The van der Waals surface area contributed by atoms with E-state index in [1.54, 1.807) is 0 Å².